The number of alkyl halides is 5. The van der Waals surface area contributed by atoms with Crippen molar-refractivity contribution in [2.75, 3.05) is 13.7 Å². The molecule has 0 aliphatic heterocycles. The van der Waals surface area contributed by atoms with E-state index in [1.807, 2.05) is 20.8 Å². The number of hydrogen-bond donors (Lipinski definition) is 1. The Balaban J connectivity index is 5.77. The highest BCUT2D eigenvalue weighted by Gasteiger charge is 2.37. The number of halogens is 5. The molecule has 0 bridgehead atoms. The van der Waals surface area contributed by atoms with Crippen LogP contribution in [0.1, 0.15) is 80.1 Å². The van der Waals surface area contributed by atoms with Gasteiger partial charge in [0.15, 0.2) is 0 Å². The Morgan fingerprint density at radius 1 is 1.13 bits per heavy atom. The molecule has 0 spiro atoms. The fraction of sp³-hybridized carbons (Fsp3) is 0.783. The minimum Gasteiger partial charge on any atom is -0.481 e. The molecule has 0 saturated heterocycles. The van der Waals surface area contributed by atoms with Crippen LogP contribution in [0.5, 0.6) is 0 Å². The number of hydrogen-bond acceptors (Lipinski definition) is 3. The summed E-state index contributed by atoms with van der Waals surface area (Å²) < 4.78 is 72.7. The van der Waals surface area contributed by atoms with Crippen LogP contribution in [0.2, 0.25) is 0 Å². The third-order valence-electron chi connectivity index (χ3n) is 5.57. The van der Waals surface area contributed by atoms with E-state index in [1.165, 1.54) is 13.8 Å². The van der Waals surface area contributed by atoms with Crippen LogP contribution in [0.15, 0.2) is 28.0 Å². The highest BCUT2D eigenvalue weighted by Crippen LogP contribution is 2.32. The topological polar surface area (TPSA) is 33.6 Å². The van der Waals surface area contributed by atoms with Crippen molar-refractivity contribution >= 4 is 5.90 Å². The van der Waals surface area contributed by atoms with Gasteiger partial charge in [-0.05, 0) is 44.1 Å². The Hall–Kier alpha value is -1.60. The SMILES string of the molecule is C\C=C(/C(=N\C(NCC(CCCC)C(C)CC(F)(F)CC)=C(\C)CC)OC)C(F)(F)F. The predicted octanol–water partition coefficient (Wildman–Crippen LogP) is 7.65. The van der Waals surface area contributed by atoms with Crippen LogP contribution >= 0.6 is 0 Å². The minimum absolute atomic E-state index is 0.0537. The van der Waals surface area contributed by atoms with Gasteiger partial charge in [0, 0.05) is 19.4 Å². The van der Waals surface area contributed by atoms with Crippen LogP contribution < -0.4 is 5.32 Å². The maximum atomic E-state index is 13.9. The average molecular weight is 455 g/mol. The zero-order chi connectivity index (χ0) is 24.2. The van der Waals surface area contributed by atoms with Gasteiger partial charge in [0.1, 0.15) is 11.4 Å². The third-order valence-corrected chi connectivity index (χ3v) is 5.57. The van der Waals surface area contributed by atoms with Crippen molar-refractivity contribution in [3.05, 3.63) is 23.0 Å². The second-order valence-corrected chi connectivity index (χ2v) is 7.98. The monoisotopic (exact) mass is 454 g/mol. The van der Waals surface area contributed by atoms with Crippen LogP contribution in [0.3, 0.4) is 0 Å². The van der Waals surface area contributed by atoms with E-state index in [-0.39, 0.29) is 24.7 Å². The van der Waals surface area contributed by atoms with Gasteiger partial charge in [-0.1, -0.05) is 46.6 Å². The molecule has 2 unspecified atom stereocenters. The highest BCUT2D eigenvalue weighted by atomic mass is 19.4. The number of aliphatic imine (C=N–C) groups is 1. The highest BCUT2D eigenvalue weighted by molar-refractivity contribution is 5.95. The molecule has 0 rings (SSSR count). The first-order valence-corrected chi connectivity index (χ1v) is 11.0. The van der Waals surface area contributed by atoms with E-state index in [4.69, 9.17) is 4.74 Å². The summed E-state index contributed by atoms with van der Waals surface area (Å²) in [6.07, 6.45) is -0.949. The van der Waals surface area contributed by atoms with Gasteiger partial charge >= 0.3 is 6.18 Å². The fourth-order valence-corrected chi connectivity index (χ4v) is 3.24. The lowest BCUT2D eigenvalue weighted by Gasteiger charge is -2.28. The molecule has 0 aliphatic carbocycles. The normalized spacial score (nSPS) is 16.6. The second-order valence-electron chi connectivity index (χ2n) is 7.98. The molecule has 0 fully saturated rings. The van der Waals surface area contributed by atoms with Gasteiger partial charge in [-0.3, -0.25) is 0 Å². The van der Waals surface area contributed by atoms with E-state index in [2.05, 4.69) is 10.3 Å². The zero-order valence-corrected chi connectivity index (χ0v) is 19.9. The summed E-state index contributed by atoms with van der Waals surface area (Å²) in [4.78, 5) is 4.13. The lowest BCUT2D eigenvalue weighted by molar-refractivity contribution is -0.0877. The largest absolute Gasteiger partial charge is 0.481 e. The number of methoxy groups -OCH3 is 1. The van der Waals surface area contributed by atoms with Crippen LogP contribution in [-0.4, -0.2) is 31.7 Å². The Morgan fingerprint density at radius 2 is 1.74 bits per heavy atom. The van der Waals surface area contributed by atoms with Gasteiger partial charge in [-0.25, -0.2) is 8.78 Å². The summed E-state index contributed by atoms with van der Waals surface area (Å²) in [5, 5.41) is 3.13. The molecule has 8 heteroatoms. The number of nitrogens with zero attached hydrogens (tertiary/aromatic N) is 1. The van der Waals surface area contributed by atoms with E-state index in [1.54, 1.807) is 6.92 Å². The molecule has 0 saturated carbocycles. The maximum Gasteiger partial charge on any atom is 0.421 e. The lowest BCUT2D eigenvalue weighted by atomic mass is 9.84. The number of ether oxygens (including phenoxy) is 1. The van der Waals surface area contributed by atoms with E-state index in [0.29, 0.717) is 18.8 Å². The molecule has 0 aromatic heterocycles. The van der Waals surface area contributed by atoms with Crippen LogP contribution in [0.4, 0.5) is 22.0 Å². The van der Waals surface area contributed by atoms with Crippen LogP contribution in [0.25, 0.3) is 0 Å². The van der Waals surface area contributed by atoms with E-state index in [0.717, 1.165) is 38.0 Å². The quantitative estimate of drug-likeness (QED) is 0.176. The molecule has 0 radical (unpaired) electrons. The number of unbranched alkanes of at least 4 members (excludes halogenated alkanes) is 1. The summed E-state index contributed by atoms with van der Waals surface area (Å²) in [6, 6.07) is 0. The molecule has 0 amide bonds. The third kappa shape index (κ3) is 10.5. The molecule has 0 aromatic rings. The summed E-state index contributed by atoms with van der Waals surface area (Å²) in [6.45, 7) is 10.6. The lowest BCUT2D eigenvalue weighted by Crippen LogP contribution is -2.31. The Kier molecular flexibility index (Phi) is 13.0. The summed E-state index contributed by atoms with van der Waals surface area (Å²) >= 11 is 0. The molecule has 0 heterocycles. The molecule has 2 atom stereocenters. The second kappa shape index (κ2) is 13.7. The van der Waals surface area contributed by atoms with Gasteiger partial charge in [-0.15, -0.1) is 0 Å². The van der Waals surface area contributed by atoms with Gasteiger partial charge < -0.3 is 10.1 Å². The zero-order valence-electron chi connectivity index (χ0n) is 19.9. The van der Waals surface area contributed by atoms with E-state index < -0.39 is 23.6 Å². The molecule has 31 heavy (non-hydrogen) atoms. The van der Waals surface area contributed by atoms with Crippen molar-refractivity contribution in [2.24, 2.45) is 16.8 Å². The summed E-state index contributed by atoms with van der Waals surface area (Å²) in [5.74, 6) is -3.26. The van der Waals surface area contributed by atoms with Gasteiger partial charge in [0.05, 0.1) is 7.11 Å². The van der Waals surface area contributed by atoms with Crippen molar-refractivity contribution in [2.45, 2.75) is 92.2 Å². The molecule has 1 N–H and O–H groups in total. The van der Waals surface area contributed by atoms with E-state index in [9.17, 15) is 22.0 Å². The van der Waals surface area contributed by atoms with Crippen molar-refractivity contribution in [3.63, 3.8) is 0 Å². The van der Waals surface area contributed by atoms with Gasteiger partial charge in [0.2, 0.25) is 11.8 Å². The summed E-state index contributed by atoms with van der Waals surface area (Å²) in [7, 11) is 1.14. The van der Waals surface area contributed by atoms with Crippen LogP contribution in [0, 0.1) is 11.8 Å². The first kappa shape index (κ1) is 29.4. The molecule has 0 aliphatic rings. The Morgan fingerprint density at radius 3 is 2.16 bits per heavy atom. The Labute approximate surface area is 184 Å². The van der Waals surface area contributed by atoms with Crippen molar-refractivity contribution in [1.29, 1.82) is 0 Å². The molecular formula is C23H39F5N2O. The first-order chi connectivity index (χ1) is 14.4. The number of allylic oxidation sites excluding steroid dienone is 2. The molecule has 182 valence electrons. The first-order valence-electron chi connectivity index (χ1n) is 11.0. The summed E-state index contributed by atoms with van der Waals surface area (Å²) in [5.41, 5.74) is -0.204. The average Bonchev–Trinajstić information content (AvgIpc) is 2.69. The maximum absolute atomic E-state index is 13.9. The molecule has 0 aromatic carbocycles. The van der Waals surface area contributed by atoms with Crippen molar-refractivity contribution in [3.8, 4) is 0 Å². The number of rotatable bonds is 13. The van der Waals surface area contributed by atoms with Crippen molar-refractivity contribution in [1.82, 2.24) is 5.32 Å². The minimum atomic E-state index is -4.60. The van der Waals surface area contributed by atoms with Crippen LogP contribution in [-0.2, 0) is 4.74 Å². The van der Waals surface area contributed by atoms with Gasteiger partial charge in [-0.2, -0.15) is 18.2 Å². The standard InChI is InChI=1S/C23H39F5N2O/c1-8-12-13-18(17(6)14-22(24,25)11-4)15-29-20(16(5)9-2)30-21(31-7)19(10-3)23(26,27)28/h10,17-18,29H,8-9,11-15H2,1-7H3/b19-10+,20-16-,30-21+. The number of nitrogens with one attached hydrogen (secondary N) is 1. The van der Waals surface area contributed by atoms with Gasteiger partial charge in [0.25, 0.3) is 0 Å². The Bertz CT molecular complexity index is 624. The predicted molar refractivity (Wildman–Crippen MR) is 117 cm³/mol. The fourth-order valence-electron chi connectivity index (χ4n) is 3.24. The smallest absolute Gasteiger partial charge is 0.421 e. The molecular weight excluding hydrogens is 415 g/mol. The van der Waals surface area contributed by atoms with E-state index >= 15 is 0 Å². The molecule has 3 nitrogen and oxygen atoms in total. The van der Waals surface area contributed by atoms with Crippen molar-refractivity contribution < 1.29 is 26.7 Å².